The molecule has 4 nitrogen and oxygen atoms in total. The molecule has 2 rings (SSSR count). The monoisotopic (exact) mass is 262 g/mol. The molecule has 0 bridgehead atoms. The molecule has 1 heterocycles. The molecule has 19 heavy (non-hydrogen) atoms. The van der Waals surface area contributed by atoms with Gasteiger partial charge in [0, 0.05) is 12.8 Å². The number of anilines is 1. The number of nitrogens with two attached hydrogens (primary N) is 1. The molecule has 4 heteroatoms. The van der Waals surface area contributed by atoms with Gasteiger partial charge in [-0.05, 0) is 37.0 Å². The second-order valence-corrected chi connectivity index (χ2v) is 5.60. The van der Waals surface area contributed by atoms with E-state index in [-0.39, 0.29) is 11.9 Å². The minimum atomic E-state index is -0.498. The molecule has 0 aliphatic carbocycles. The van der Waals surface area contributed by atoms with Crippen LogP contribution in [0.2, 0.25) is 0 Å². The largest absolute Gasteiger partial charge is 0.383 e. The highest BCUT2D eigenvalue weighted by Gasteiger charge is 2.39. The van der Waals surface area contributed by atoms with Crippen LogP contribution in [0, 0.1) is 0 Å². The summed E-state index contributed by atoms with van der Waals surface area (Å²) < 4.78 is 5.12. The van der Waals surface area contributed by atoms with Crippen molar-refractivity contribution in [2.75, 3.05) is 19.0 Å². The first-order valence-corrected chi connectivity index (χ1v) is 6.65. The summed E-state index contributed by atoms with van der Waals surface area (Å²) in [6.07, 6.45) is 0.867. The highest BCUT2D eigenvalue weighted by atomic mass is 16.5. The van der Waals surface area contributed by atoms with Gasteiger partial charge >= 0.3 is 0 Å². The lowest BCUT2D eigenvalue weighted by Crippen LogP contribution is -2.27. The van der Waals surface area contributed by atoms with Crippen LogP contribution >= 0.6 is 0 Å². The number of ether oxygens (including phenoxy) is 1. The van der Waals surface area contributed by atoms with Crippen molar-refractivity contribution >= 4 is 11.6 Å². The van der Waals surface area contributed by atoms with Gasteiger partial charge in [0.25, 0.3) is 0 Å². The molecule has 1 aliphatic heterocycles. The number of aryl methyl sites for hydroxylation is 1. The van der Waals surface area contributed by atoms with Gasteiger partial charge < -0.3 is 15.8 Å². The number of nitrogens with one attached hydrogen (secondary N) is 1. The highest BCUT2D eigenvalue weighted by molar-refractivity contribution is 6.06. The van der Waals surface area contributed by atoms with Crippen LogP contribution in [0.25, 0.3) is 0 Å². The maximum atomic E-state index is 12.1. The zero-order chi connectivity index (χ0) is 14.2. The molecule has 1 aromatic rings. The fraction of sp³-hybridized carbons (Fsp3) is 0.533. The summed E-state index contributed by atoms with van der Waals surface area (Å²) >= 11 is 0. The van der Waals surface area contributed by atoms with Crippen LogP contribution in [0.3, 0.4) is 0 Å². The molecule has 1 aromatic carbocycles. The Balaban J connectivity index is 2.53. The lowest BCUT2D eigenvalue weighted by molar-refractivity contribution is -0.119. The van der Waals surface area contributed by atoms with Crippen molar-refractivity contribution in [3.8, 4) is 0 Å². The zero-order valence-electron chi connectivity index (χ0n) is 12.0. The molecule has 0 saturated heterocycles. The van der Waals surface area contributed by atoms with Crippen LogP contribution in [-0.2, 0) is 21.4 Å². The van der Waals surface area contributed by atoms with Crippen LogP contribution in [0.15, 0.2) is 12.1 Å². The van der Waals surface area contributed by atoms with E-state index in [0.29, 0.717) is 6.61 Å². The Morgan fingerprint density at radius 3 is 2.68 bits per heavy atom. The van der Waals surface area contributed by atoms with Crippen LogP contribution in [0.1, 0.15) is 43.5 Å². The van der Waals surface area contributed by atoms with Crippen molar-refractivity contribution < 1.29 is 9.53 Å². The van der Waals surface area contributed by atoms with Gasteiger partial charge in [-0.15, -0.1) is 0 Å². The molecule has 0 fully saturated rings. The Morgan fingerprint density at radius 1 is 1.42 bits per heavy atom. The number of carbonyl (C=O) groups excluding carboxylic acids is 1. The van der Waals surface area contributed by atoms with Crippen molar-refractivity contribution in [1.82, 2.24) is 0 Å². The molecule has 3 N–H and O–H groups in total. The molecule has 104 valence electrons. The molecule has 1 atom stereocenters. The normalized spacial score (nSPS) is 18.1. The Kier molecular flexibility index (Phi) is 3.65. The third kappa shape index (κ3) is 2.26. The summed E-state index contributed by atoms with van der Waals surface area (Å²) in [6.45, 7) is 6.45. The van der Waals surface area contributed by atoms with E-state index in [9.17, 15) is 4.79 Å². The summed E-state index contributed by atoms with van der Waals surface area (Å²) in [6, 6.07) is 3.95. The number of rotatable bonds is 4. The first-order chi connectivity index (χ1) is 8.91. The van der Waals surface area contributed by atoms with Gasteiger partial charge in [-0.1, -0.05) is 19.1 Å². The summed E-state index contributed by atoms with van der Waals surface area (Å²) in [7, 11) is 1.64. The Hall–Kier alpha value is -1.39. The Morgan fingerprint density at radius 2 is 2.11 bits per heavy atom. The molecule has 0 saturated carbocycles. The Labute approximate surface area is 114 Å². The number of methoxy groups -OCH3 is 1. The first kappa shape index (κ1) is 14.0. The average Bonchev–Trinajstić information content (AvgIpc) is 2.60. The second-order valence-electron chi connectivity index (χ2n) is 5.60. The number of fused-ring (bicyclic) bond motifs is 1. The fourth-order valence-electron chi connectivity index (χ4n) is 2.53. The van der Waals surface area contributed by atoms with E-state index >= 15 is 0 Å². The van der Waals surface area contributed by atoms with E-state index < -0.39 is 5.41 Å². The lowest BCUT2D eigenvalue weighted by atomic mass is 9.83. The lowest BCUT2D eigenvalue weighted by Gasteiger charge is -2.19. The first-order valence-electron chi connectivity index (χ1n) is 6.65. The number of benzene rings is 1. The Bertz CT molecular complexity index is 509. The number of hydrogen-bond donors (Lipinski definition) is 2. The molecule has 0 spiro atoms. The molecule has 0 radical (unpaired) electrons. The smallest absolute Gasteiger partial charge is 0.234 e. The van der Waals surface area contributed by atoms with Crippen LogP contribution in [0.5, 0.6) is 0 Å². The van der Waals surface area contributed by atoms with Crippen molar-refractivity contribution in [3.63, 3.8) is 0 Å². The minimum Gasteiger partial charge on any atom is -0.383 e. The van der Waals surface area contributed by atoms with Gasteiger partial charge in [-0.2, -0.15) is 0 Å². The molecule has 1 amide bonds. The highest BCUT2D eigenvalue weighted by Crippen LogP contribution is 2.41. The van der Waals surface area contributed by atoms with Crippen molar-refractivity contribution in [1.29, 1.82) is 0 Å². The third-order valence-corrected chi connectivity index (χ3v) is 3.88. The van der Waals surface area contributed by atoms with E-state index in [2.05, 4.69) is 18.3 Å². The second kappa shape index (κ2) is 4.94. The van der Waals surface area contributed by atoms with Gasteiger partial charge in [0.1, 0.15) is 0 Å². The van der Waals surface area contributed by atoms with Crippen molar-refractivity contribution in [2.24, 2.45) is 5.73 Å². The minimum absolute atomic E-state index is 0.0506. The topological polar surface area (TPSA) is 64.3 Å². The van der Waals surface area contributed by atoms with Gasteiger partial charge in [0.15, 0.2) is 0 Å². The fourth-order valence-corrected chi connectivity index (χ4v) is 2.53. The molecular weight excluding hydrogens is 240 g/mol. The molecule has 1 aliphatic rings. The van der Waals surface area contributed by atoms with Gasteiger partial charge in [-0.25, -0.2) is 0 Å². The van der Waals surface area contributed by atoms with Gasteiger partial charge in [-0.3, -0.25) is 4.79 Å². The van der Waals surface area contributed by atoms with Crippen molar-refractivity contribution in [2.45, 2.75) is 38.6 Å². The average molecular weight is 262 g/mol. The van der Waals surface area contributed by atoms with Crippen molar-refractivity contribution in [3.05, 3.63) is 28.8 Å². The standard InChI is InChI=1S/C15H22N2O2/c1-5-9-6-10(12(16)8-19-4)7-11-13(9)17-14(18)15(11,2)3/h6-7,12H,5,8,16H2,1-4H3,(H,17,18). The maximum Gasteiger partial charge on any atom is 0.234 e. The summed E-state index contributed by atoms with van der Waals surface area (Å²) in [4.78, 5) is 12.1. The van der Waals surface area contributed by atoms with E-state index in [0.717, 1.165) is 28.8 Å². The quantitative estimate of drug-likeness (QED) is 0.873. The molecular formula is C15H22N2O2. The predicted molar refractivity (Wildman–Crippen MR) is 76.3 cm³/mol. The van der Waals surface area contributed by atoms with Crippen LogP contribution in [0.4, 0.5) is 5.69 Å². The molecule has 1 unspecified atom stereocenters. The summed E-state index contributed by atoms with van der Waals surface area (Å²) in [5.74, 6) is 0.0506. The third-order valence-electron chi connectivity index (χ3n) is 3.88. The number of carbonyl (C=O) groups is 1. The van der Waals surface area contributed by atoms with Gasteiger partial charge in [0.2, 0.25) is 5.91 Å². The number of hydrogen-bond acceptors (Lipinski definition) is 3. The van der Waals surface area contributed by atoms with Crippen LogP contribution in [-0.4, -0.2) is 19.6 Å². The summed E-state index contributed by atoms with van der Waals surface area (Å²) in [5.41, 5.74) is 9.79. The zero-order valence-corrected chi connectivity index (χ0v) is 12.0. The maximum absolute atomic E-state index is 12.1. The molecule has 0 aromatic heterocycles. The van der Waals surface area contributed by atoms with Gasteiger partial charge in [0.05, 0.1) is 18.1 Å². The van der Waals surface area contributed by atoms with E-state index in [1.807, 2.05) is 19.9 Å². The SMILES string of the molecule is CCc1cc(C(N)COC)cc2c1NC(=O)C2(C)C. The van der Waals surface area contributed by atoms with E-state index in [1.54, 1.807) is 7.11 Å². The predicted octanol–water partition coefficient (Wildman–Crippen LogP) is 2.12. The summed E-state index contributed by atoms with van der Waals surface area (Å²) in [5, 5.41) is 2.99. The van der Waals surface area contributed by atoms with E-state index in [1.165, 1.54) is 0 Å². The number of amides is 1. The van der Waals surface area contributed by atoms with E-state index in [4.69, 9.17) is 10.5 Å². The van der Waals surface area contributed by atoms with Crippen LogP contribution < -0.4 is 11.1 Å².